The third-order valence-corrected chi connectivity index (χ3v) is 6.64. The lowest BCUT2D eigenvalue weighted by molar-refractivity contribution is -0.593. The van der Waals surface area contributed by atoms with Gasteiger partial charge in [0.25, 0.3) is 5.91 Å². The summed E-state index contributed by atoms with van der Waals surface area (Å²) in [4.78, 5) is 27.0. The molecule has 1 heterocycles. The number of nitrogens with one attached hydrogen (secondary N) is 1. The predicted molar refractivity (Wildman–Crippen MR) is 144 cm³/mol. The van der Waals surface area contributed by atoms with Gasteiger partial charge in [0.1, 0.15) is 6.04 Å². The molecule has 1 aromatic heterocycles. The molecule has 0 fully saturated rings. The maximum atomic E-state index is 13.7. The lowest BCUT2D eigenvalue weighted by Gasteiger charge is -2.31. The zero-order valence-corrected chi connectivity index (χ0v) is 21.5. The van der Waals surface area contributed by atoms with Crippen molar-refractivity contribution < 1.29 is 27.5 Å². The summed E-state index contributed by atoms with van der Waals surface area (Å²) in [5, 5.41) is 15.1. The highest BCUT2D eigenvalue weighted by Gasteiger charge is 2.37. The zero-order valence-electron chi connectivity index (χ0n) is 19.9. The molecule has 0 spiro atoms. The molecule has 4 rings (SSSR count). The molecule has 0 bridgehead atoms. The molecule has 0 aliphatic rings. The van der Waals surface area contributed by atoms with Crippen LogP contribution in [0.5, 0.6) is 0 Å². The van der Waals surface area contributed by atoms with Crippen LogP contribution in [-0.4, -0.2) is 17.4 Å². The second-order valence-electron chi connectivity index (χ2n) is 8.15. The number of hydrogen-bond donors (Lipinski definition) is 2. The van der Waals surface area contributed by atoms with Crippen molar-refractivity contribution in [2.24, 2.45) is 5.73 Å². The highest BCUT2D eigenvalue weighted by molar-refractivity contribution is 8.00. The number of anilines is 2. The Hall–Kier alpha value is -4.22. The molecule has 0 aliphatic carbocycles. The van der Waals surface area contributed by atoms with Gasteiger partial charge in [0, 0.05) is 39.0 Å². The number of halogens is 4. The number of primary amides is 1. The molecule has 1 unspecified atom stereocenters. The second kappa shape index (κ2) is 11.7. The van der Waals surface area contributed by atoms with Gasteiger partial charge >= 0.3 is 11.5 Å². The standard InChI is InChI=1S/C27H20ClF3N4O3S/c28-18-10-14-20(15-11-18)35(26(32)37)24(21-5-1-2-7-23(21)39-27(29,30)31)25(36)33-19-12-8-17(9-13-19)22-6-3-4-16-34(22)38/h1-16,24H,(H2,32,37)(H,33,36). The predicted octanol–water partition coefficient (Wildman–Crippen LogP) is 6.52. The number of carbonyl (C=O) groups excluding carboxylic acids is 2. The van der Waals surface area contributed by atoms with Gasteiger partial charge < -0.3 is 16.3 Å². The lowest BCUT2D eigenvalue weighted by atomic mass is 10.0. The van der Waals surface area contributed by atoms with Crippen molar-refractivity contribution in [2.45, 2.75) is 16.4 Å². The number of carbonyl (C=O) groups is 2. The van der Waals surface area contributed by atoms with Crippen molar-refractivity contribution >= 4 is 46.7 Å². The smallest absolute Gasteiger partial charge is 0.446 e. The minimum atomic E-state index is -4.65. The van der Waals surface area contributed by atoms with Crippen molar-refractivity contribution in [1.82, 2.24) is 0 Å². The second-order valence-corrected chi connectivity index (χ2v) is 9.69. The van der Waals surface area contributed by atoms with Crippen LogP contribution in [0.4, 0.5) is 29.3 Å². The molecule has 4 aromatic rings. The Bertz CT molecular complexity index is 1490. The number of amides is 3. The van der Waals surface area contributed by atoms with Gasteiger partial charge in [-0.05, 0) is 78.0 Å². The third kappa shape index (κ3) is 6.81. The molecule has 200 valence electrons. The Morgan fingerprint density at radius 1 is 0.949 bits per heavy atom. The van der Waals surface area contributed by atoms with Crippen molar-refractivity contribution in [3.8, 4) is 11.3 Å². The van der Waals surface area contributed by atoms with E-state index in [4.69, 9.17) is 17.3 Å². The Morgan fingerprint density at radius 2 is 1.59 bits per heavy atom. The maximum Gasteiger partial charge on any atom is 0.446 e. The van der Waals surface area contributed by atoms with E-state index in [2.05, 4.69) is 5.32 Å². The van der Waals surface area contributed by atoms with Gasteiger partial charge in [-0.2, -0.15) is 17.9 Å². The van der Waals surface area contributed by atoms with Crippen LogP contribution in [0.15, 0.2) is 102 Å². The molecule has 3 amide bonds. The first-order chi connectivity index (χ1) is 18.5. The largest absolute Gasteiger partial charge is 0.618 e. The minimum absolute atomic E-state index is 0.0839. The normalized spacial score (nSPS) is 12.0. The van der Waals surface area contributed by atoms with E-state index in [0.717, 1.165) is 4.90 Å². The van der Waals surface area contributed by atoms with Crippen LogP contribution in [0, 0.1) is 5.21 Å². The highest BCUT2D eigenvalue weighted by atomic mass is 35.5. The summed E-state index contributed by atoms with van der Waals surface area (Å²) in [5.74, 6) is -0.815. The molecule has 39 heavy (non-hydrogen) atoms. The average molecular weight is 573 g/mol. The number of alkyl halides is 3. The van der Waals surface area contributed by atoms with Crippen LogP contribution in [0.3, 0.4) is 0 Å². The average Bonchev–Trinajstić information content (AvgIpc) is 2.88. The summed E-state index contributed by atoms with van der Waals surface area (Å²) in [6.45, 7) is 0. The first-order valence-electron chi connectivity index (χ1n) is 11.3. The quantitative estimate of drug-likeness (QED) is 0.149. The number of pyridine rings is 1. The Balaban J connectivity index is 1.75. The van der Waals surface area contributed by atoms with Gasteiger partial charge in [-0.15, -0.1) is 0 Å². The van der Waals surface area contributed by atoms with E-state index in [1.165, 1.54) is 66.9 Å². The topological polar surface area (TPSA) is 102 Å². The van der Waals surface area contributed by atoms with E-state index < -0.39 is 35.3 Å². The lowest BCUT2D eigenvalue weighted by Crippen LogP contribution is -2.44. The third-order valence-electron chi connectivity index (χ3n) is 5.56. The molecular weight excluding hydrogens is 553 g/mol. The van der Waals surface area contributed by atoms with Gasteiger partial charge in [-0.25, -0.2) is 4.79 Å². The molecule has 0 radical (unpaired) electrons. The molecule has 12 heteroatoms. The van der Waals surface area contributed by atoms with Gasteiger partial charge in [-0.1, -0.05) is 29.8 Å². The number of urea groups is 1. The molecule has 0 aliphatic heterocycles. The fourth-order valence-electron chi connectivity index (χ4n) is 3.91. The number of thioether (sulfide) groups is 1. The molecule has 0 saturated carbocycles. The van der Waals surface area contributed by atoms with E-state index >= 15 is 0 Å². The summed E-state index contributed by atoms with van der Waals surface area (Å²) < 4.78 is 40.8. The number of rotatable bonds is 7. The fourth-order valence-corrected chi connectivity index (χ4v) is 4.73. The number of nitrogens with zero attached hydrogens (tertiary/aromatic N) is 2. The van der Waals surface area contributed by atoms with Crippen LogP contribution in [-0.2, 0) is 4.79 Å². The van der Waals surface area contributed by atoms with E-state index in [0.29, 0.717) is 21.0 Å². The fraction of sp³-hybridized carbons (Fsp3) is 0.0741. The molecule has 1 atom stereocenters. The van der Waals surface area contributed by atoms with Gasteiger partial charge in [0.05, 0.1) is 0 Å². The van der Waals surface area contributed by atoms with Gasteiger partial charge in [-0.3, -0.25) is 9.69 Å². The van der Waals surface area contributed by atoms with Crippen molar-refractivity contribution in [2.75, 3.05) is 10.2 Å². The molecule has 0 saturated heterocycles. The first kappa shape index (κ1) is 27.8. The summed E-state index contributed by atoms with van der Waals surface area (Å²) >= 11 is 5.56. The van der Waals surface area contributed by atoms with E-state index in [1.54, 1.807) is 30.3 Å². The number of hydrogen-bond acceptors (Lipinski definition) is 4. The SMILES string of the molecule is NC(=O)N(c1ccc(Cl)cc1)C(C(=O)Nc1ccc(-c2cccc[n+]2[O-])cc1)c1ccccc1SC(F)(F)F. The Labute approximate surface area is 230 Å². The number of nitrogens with two attached hydrogens (primary N) is 1. The summed E-state index contributed by atoms with van der Waals surface area (Å²) in [7, 11) is 0. The Kier molecular flexibility index (Phi) is 8.32. The highest BCUT2D eigenvalue weighted by Crippen LogP contribution is 2.42. The van der Waals surface area contributed by atoms with Crippen molar-refractivity contribution in [1.29, 1.82) is 0 Å². The summed E-state index contributed by atoms with van der Waals surface area (Å²) in [6.07, 6.45) is 1.35. The maximum absolute atomic E-state index is 13.7. The summed E-state index contributed by atoms with van der Waals surface area (Å²) in [5.41, 5.74) is 2.32. The van der Waals surface area contributed by atoms with Crippen LogP contribution in [0.25, 0.3) is 11.3 Å². The Morgan fingerprint density at radius 3 is 2.21 bits per heavy atom. The van der Waals surface area contributed by atoms with Crippen LogP contribution in [0.2, 0.25) is 5.02 Å². The molecule has 3 N–H and O–H groups in total. The molecule has 7 nitrogen and oxygen atoms in total. The minimum Gasteiger partial charge on any atom is -0.618 e. The van der Waals surface area contributed by atoms with Crippen LogP contribution < -0.4 is 20.7 Å². The van der Waals surface area contributed by atoms with Gasteiger partial charge in [0.2, 0.25) is 5.69 Å². The van der Waals surface area contributed by atoms with Crippen molar-refractivity contribution in [3.05, 3.63) is 113 Å². The van der Waals surface area contributed by atoms with Gasteiger partial charge in [0.15, 0.2) is 6.20 Å². The van der Waals surface area contributed by atoms with Crippen LogP contribution >= 0.6 is 23.4 Å². The van der Waals surface area contributed by atoms with Crippen molar-refractivity contribution in [3.63, 3.8) is 0 Å². The summed E-state index contributed by atoms with van der Waals surface area (Å²) in [6, 6.07) is 19.7. The first-order valence-corrected chi connectivity index (χ1v) is 12.5. The van der Waals surface area contributed by atoms with E-state index in [-0.39, 0.29) is 21.8 Å². The van der Waals surface area contributed by atoms with E-state index in [1.807, 2.05) is 0 Å². The molecule has 3 aromatic carbocycles. The van der Waals surface area contributed by atoms with Crippen LogP contribution in [0.1, 0.15) is 11.6 Å². The molecular formula is C27H20ClF3N4O3S. The monoisotopic (exact) mass is 572 g/mol. The number of benzene rings is 3. The number of aromatic nitrogens is 1. The van der Waals surface area contributed by atoms with E-state index in [9.17, 15) is 28.0 Å². The zero-order chi connectivity index (χ0) is 28.2.